The van der Waals surface area contributed by atoms with Gasteiger partial charge in [-0.05, 0) is 17.7 Å². The largest absolute Gasteiger partial charge is 0.394 e. The van der Waals surface area contributed by atoms with Gasteiger partial charge in [-0.3, -0.25) is 0 Å². The summed E-state index contributed by atoms with van der Waals surface area (Å²) >= 11 is 0. The highest BCUT2D eigenvalue weighted by Crippen LogP contribution is 2.25. The Bertz CT molecular complexity index is 603. The van der Waals surface area contributed by atoms with Crippen molar-refractivity contribution in [2.75, 3.05) is 31.3 Å². The number of rotatable bonds is 3. The van der Waals surface area contributed by atoms with E-state index >= 15 is 0 Å². The molecular weight excluding hydrogens is 254 g/mol. The molecule has 1 aliphatic heterocycles. The molecule has 1 unspecified atom stereocenters. The molecule has 2 heterocycles. The molecular formula is C15H19N3O2. The second-order valence-corrected chi connectivity index (χ2v) is 4.97. The Balaban J connectivity index is 2.06. The zero-order chi connectivity index (χ0) is 13.9. The van der Waals surface area contributed by atoms with E-state index in [4.69, 9.17) is 15.5 Å². The van der Waals surface area contributed by atoms with Crippen molar-refractivity contribution in [3.8, 4) is 0 Å². The van der Waals surface area contributed by atoms with Crippen LogP contribution in [0.25, 0.3) is 10.9 Å². The summed E-state index contributed by atoms with van der Waals surface area (Å²) in [7, 11) is 0. The van der Waals surface area contributed by atoms with Gasteiger partial charge in [0.15, 0.2) is 0 Å². The molecule has 20 heavy (non-hydrogen) atoms. The lowest BCUT2D eigenvalue weighted by Gasteiger charge is -2.35. The monoisotopic (exact) mass is 273 g/mol. The first-order valence-corrected chi connectivity index (χ1v) is 6.87. The number of morpholine rings is 1. The molecule has 0 aliphatic carbocycles. The van der Waals surface area contributed by atoms with E-state index in [0.29, 0.717) is 19.8 Å². The summed E-state index contributed by atoms with van der Waals surface area (Å²) in [5, 5.41) is 10.6. The lowest BCUT2D eigenvalue weighted by Crippen LogP contribution is -2.48. The summed E-state index contributed by atoms with van der Waals surface area (Å²) in [6.07, 6.45) is 0. The van der Waals surface area contributed by atoms with Crippen LogP contribution in [0.2, 0.25) is 0 Å². The predicted octanol–water partition coefficient (Wildman–Crippen LogP) is 0.891. The van der Waals surface area contributed by atoms with E-state index in [1.54, 1.807) is 0 Å². The van der Waals surface area contributed by atoms with Crippen molar-refractivity contribution in [2.24, 2.45) is 5.73 Å². The molecule has 1 aliphatic rings. The van der Waals surface area contributed by atoms with E-state index in [1.165, 1.54) is 0 Å². The number of fused-ring (bicyclic) bond motifs is 1. The summed E-state index contributed by atoms with van der Waals surface area (Å²) in [5.74, 6) is 0.867. The number of nitrogens with zero attached hydrogens (tertiary/aromatic N) is 2. The number of hydrogen-bond acceptors (Lipinski definition) is 5. The van der Waals surface area contributed by atoms with Gasteiger partial charge < -0.3 is 20.5 Å². The van der Waals surface area contributed by atoms with Gasteiger partial charge in [0.25, 0.3) is 0 Å². The summed E-state index contributed by atoms with van der Waals surface area (Å²) in [5.41, 5.74) is 7.88. The van der Waals surface area contributed by atoms with E-state index in [0.717, 1.165) is 28.8 Å². The first kappa shape index (κ1) is 13.3. The van der Waals surface area contributed by atoms with Crippen molar-refractivity contribution in [1.82, 2.24) is 4.98 Å². The van der Waals surface area contributed by atoms with Crippen LogP contribution >= 0.6 is 0 Å². The SMILES string of the molecule is NCc1cc(N2CCOCC2CO)nc2ccccc12. The molecule has 1 atom stereocenters. The number of aliphatic hydroxyl groups excluding tert-OH is 1. The molecule has 0 spiro atoms. The maximum Gasteiger partial charge on any atom is 0.130 e. The van der Waals surface area contributed by atoms with Crippen LogP contribution in [0, 0.1) is 0 Å². The molecule has 5 nitrogen and oxygen atoms in total. The lowest BCUT2D eigenvalue weighted by atomic mass is 10.1. The molecule has 0 bridgehead atoms. The number of anilines is 1. The fraction of sp³-hybridized carbons (Fsp3) is 0.400. The van der Waals surface area contributed by atoms with Crippen LogP contribution < -0.4 is 10.6 Å². The van der Waals surface area contributed by atoms with Gasteiger partial charge in [-0.15, -0.1) is 0 Å². The summed E-state index contributed by atoms with van der Waals surface area (Å²) in [4.78, 5) is 6.82. The smallest absolute Gasteiger partial charge is 0.130 e. The number of aromatic nitrogens is 1. The predicted molar refractivity (Wildman–Crippen MR) is 78.7 cm³/mol. The molecule has 3 rings (SSSR count). The Morgan fingerprint density at radius 1 is 1.40 bits per heavy atom. The Labute approximate surface area is 118 Å². The average Bonchev–Trinajstić information content (AvgIpc) is 2.53. The number of para-hydroxylation sites is 1. The van der Waals surface area contributed by atoms with Crippen LogP contribution in [-0.2, 0) is 11.3 Å². The van der Waals surface area contributed by atoms with Crippen LogP contribution in [0.15, 0.2) is 30.3 Å². The van der Waals surface area contributed by atoms with Gasteiger partial charge in [0.05, 0.1) is 31.4 Å². The second kappa shape index (κ2) is 5.75. The highest BCUT2D eigenvalue weighted by Gasteiger charge is 2.24. The van der Waals surface area contributed by atoms with Gasteiger partial charge >= 0.3 is 0 Å². The first-order valence-electron chi connectivity index (χ1n) is 6.87. The summed E-state index contributed by atoms with van der Waals surface area (Å²) < 4.78 is 5.41. The molecule has 5 heteroatoms. The molecule has 0 saturated carbocycles. The van der Waals surface area contributed by atoms with E-state index in [1.807, 2.05) is 30.3 Å². The minimum Gasteiger partial charge on any atom is -0.394 e. The number of nitrogens with two attached hydrogens (primary N) is 1. The van der Waals surface area contributed by atoms with Gasteiger partial charge in [0.2, 0.25) is 0 Å². The Kier molecular flexibility index (Phi) is 3.82. The third kappa shape index (κ3) is 2.35. The van der Waals surface area contributed by atoms with Crippen molar-refractivity contribution in [3.05, 3.63) is 35.9 Å². The molecule has 1 saturated heterocycles. The van der Waals surface area contributed by atoms with Gasteiger partial charge in [-0.25, -0.2) is 4.98 Å². The van der Waals surface area contributed by atoms with Gasteiger partial charge in [-0.2, -0.15) is 0 Å². The van der Waals surface area contributed by atoms with Crippen LogP contribution in [0.1, 0.15) is 5.56 Å². The highest BCUT2D eigenvalue weighted by atomic mass is 16.5. The second-order valence-electron chi connectivity index (χ2n) is 4.97. The molecule has 1 aromatic carbocycles. The third-order valence-electron chi connectivity index (χ3n) is 3.74. The average molecular weight is 273 g/mol. The van der Waals surface area contributed by atoms with E-state index < -0.39 is 0 Å². The van der Waals surface area contributed by atoms with Crippen LogP contribution in [-0.4, -0.2) is 42.5 Å². The zero-order valence-corrected chi connectivity index (χ0v) is 11.3. The van der Waals surface area contributed by atoms with Crippen LogP contribution in [0.5, 0.6) is 0 Å². The number of benzene rings is 1. The third-order valence-corrected chi connectivity index (χ3v) is 3.74. The topological polar surface area (TPSA) is 71.6 Å². The first-order chi connectivity index (χ1) is 9.83. The van der Waals surface area contributed by atoms with E-state index in [-0.39, 0.29) is 12.6 Å². The number of hydrogen-bond donors (Lipinski definition) is 2. The maximum atomic E-state index is 9.49. The molecule has 1 aromatic heterocycles. The normalized spacial score (nSPS) is 19.5. The molecule has 0 radical (unpaired) electrons. The maximum absolute atomic E-state index is 9.49. The van der Waals surface area contributed by atoms with Crippen molar-refractivity contribution in [1.29, 1.82) is 0 Å². The van der Waals surface area contributed by atoms with Gasteiger partial charge in [0, 0.05) is 18.5 Å². The summed E-state index contributed by atoms with van der Waals surface area (Å²) in [6, 6.07) is 9.99. The number of ether oxygens (including phenoxy) is 1. The quantitative estimate of drug-likeness (QED) is 0.869. The zero-order valence-electron chi connectivity index (χ0n) is 11.3. The van der Waals surface area contributed by atoms with E-state index in [2.05, 4.69) is 4.90 Å². The fourth-order valence-corrected chi connectivity index (χ4v) is 2.66. The Hall–Kier alpha value is -1.69. The van der Waals surface area contributed by atoms with Crippen molar-refractivity contribution >= 4 is 16.7 Å². The van der Waals surface area contributed by atoms with Gasteiger partial charge in [-0.1, -0.05) is 18.2 Å². The lowest BCUT2D eigenvalue weighted by molar-refractivity contribution is 0.0723. The fourth-order valence-electron chi connectivity index (χ4n) is 2.66. The minimum atomic E-state index is -0.0389. The van der Waals surface area contributed by atoms with Crippen molar-refractivity contribution in [3.63, 3.8) is 0 Å². The van der Waals surface area contributed by atoms with E-state index in [9.17, 15) is 5.11 Å². The Morgan fingerprint density at radius 2 is 2.25 bits per heavy atom. The molecule has 0 amide bonds. The van der Waals surface area contributed by atoms with Crippen LogP contribution in [0.4, 0.5) is 5.82 Å². The number of aliphatic hydroxyl groups is 1. The van der Waals surface area contributed by atoms with Gasteiger partial charge in [0.1, 0.15) is 5.82 Å². The molecule has 1 fully saturated rings. The molecule has 3 N–H and O–H groups in total. The van der Waals surface area contributed by atoms with Crippen molar-refractivity contribution in [2.45, 2.75) is 12.6 Å². The van der Waals surface area contributed by atoms with Crippen LogP contribution in [0.3, 0.4) is 0 Å². The minimum absolute atomic E-state index is 0.0389. The standard InChI is InChI=1S/C15H19N3O2/c16-8-11-7-15(17-14-4-2-1-3-13(11)14)18-5-6-20-10-12(18)9-19/h1-4,7,12,19H,5-6,8-10,16H2. The molecule has 2 aromatic rings. The number of pyridine rings is 1. The Morgan fingerprint density at radius 3 is 3.05 bits per heavy atom. The molecule has 106 valence electrons. The van der Waals surface area contributed by atoms with Crippen molar-refractivity contribution < 1.29 is 9.84 Å². The highest BCUT2D eigenvalue weighted by molar-refractivity contribution is 5.84. The summed E-state index contributed by atoms with van der Waals surface area (Å²) in [6.45, 7) is 2.46.